The molecule has 1 aliphatic carbocycles. The van der Waals surface area contributed by atoms with Crippen molar-refractivity contribution in [3.8, 4) is 0 Å². The summed E-state index contributed by atoms with van der Waals surface area (Å²) in [6.45, 7) is 12.6. The molecule has 1 rings (SSSR count). The zero-order valence-electron chi connectivity index (χ0n) is 10.2. The average Bonchev–Trinajstić information content (AvgIpc) is 2.15. The van der Waals surface area contributed by atoms with E-state index in [0.717, 1.165) is 25.7 Å². The Morgan fingerprint density at radius 1 is 1.38 bits per heavy atom. The van der Waals surface area contributed by atoms with E-state index in [9.17, 15) is 4.79 Å². The van der Waals surface area contributed by atoms with Crippen LogP contribution in [0, 0.1) is 6.57 Å². The second-order valence-corrected chi connectivity index (χ2v) is 5.23. The number of nitrogens with zero attached hydrogens (tertiary/aromatic N) is 1. The number of rotatable bonds is 1. The van der Waals surface area contributed by atoms with E-state index < -0.39 is 11.7 Å². The van der Waals surface area contributed by atoms with E-state index >= 15 is 0 Å². The first kappa shape index (κ1) is 12.8. The molecule has 1 N–H and O–H groups in total. The van der Waals surface area contributed by atoms with Crippen LogP contribution in [0.4, 0.5) is 4.79 Å². The predicted octanol–water partition coefficient (Wildman–Crippen LogP) is 2.74. The Hall–Kier alpha value is -1.24. The van der Waals surface area contributed by atoms with Gasteiger partial charge in [-0.25, -0.2) is 11.4 Å². The summed E-state index contributed by atoms with van der Waals surface area (Å²) < 4.78 is 5.18. The second-order valence-electron chi connectivity index (χ2n) is 5.23. The minimum absolute atomic E-state index is 0.0406. The van der Waals surface area contributed by atoms with Gasteiger partial charge in [0.05, 0.1) is 0 Å². The van der Waals surface area contributed by atoms with Crippen LogP contribution in [0.3, 0.4) is 0 Å². The van der Waals surface area contributed by atoms with Crippen molar-refractivity contribution in [1.29, 1.82) is 0 Å². The number of hydrogen-bond donors (Lipinski definition) is 1. The number of nitrogens with one attached hydrogen (secondary N) is 1. The Labute approximate surface area is 97.2 Å². The Bertz CT molecular complexity index is 288. The largest absolute Gasteiger partial charge is 0.444 e. The molecule has 0 saturated heterocycles. The quantitative estimate of drug-likeness (QED) is 0.696. The third kappa shape index (κ3) is 4.09. The first-order chi connectivity index (χ1) is 7.42. The maximum Gasteiger partial charge on any atom is 0.408 e. The van der Waals surface area contributed by atoms with Gasteiger partial charge in [0.2, 0.25) is 6.04 Å². The molecule has 90 valence electrons. The van der Waals surface area contributed by atoms with Gasteiger partial charge in [0.15, 0.2) is 0 Å². The number of carbonyl (C=O) groups excluding carboxylic acids is 1. The Morgan fingerprint density at radius 2 is 2.00 bits per heavy atom. The summed E-state index contributed by atoms with van der Waals surface area (Å²) in [4.78, 5) is 15.1. The van der Waals surface area contributed by atoms with Gasteiger partial charge in [-0.15, -0.1) is 0 Å². The van der Waals surface area contributed by atoms with Crippen LogP contribution in [0.25, 0.3) is 4.85 Å². The zero-order valence-corrected chi connectivity index (χ0v) is 10.2. The first-order valence-corrected chi connectivity index (χ1v) is 5.78. The van der Waals surface area contributed by atoms with E-state index in [-0.39, 0.29) is 12.1 Å². The van der Waals surface area contributed by atoms with E-state index in [1.54, 1.807) is 0 Å². The zero-order chi connectivity index (χ0) is 12.2. The van der Waals surface area contributed by atoms with Crippen LogP contribution in [-0.4, -0.2) is 23.8 Å². The van der Waals surface area contributed by atoms with Gasteiger partial charge in [0.1, 0.15) is 11.6 Å². The molecule has 0 aliphatic heterocycles. The molecule has 4 heteroatoms. The maximum atomic E-state index is 11.6. The molecule has 0 aromatic carbocycles. The number of alkyl carbamates (subject to hydrolysis) is 1. The monoisotopic (exact) mass is 224 g/mol. The molecule has 0 radical (unpaired) electrons. The summed E-state index contributed by atoms with van der Waals surface area (Å²) in [5.41, 5.74) is -0.480. The van der Waals surface area contributed by atoms with Crippen molar-refractivity contribution >= 4 is 6.09 Å². The van der Waals surface area contributed by atoms with Gasteiger partial charge in [-0.2, -0.15) is 0 Å². The van der Waals surface area contributed by atoms with Gasteiger partial charge in [-0.1, -0.05) is 6.42 Å². The standard InChI is InChI=1S/C12H20N2O2/c1-12(2,3)16-11(15)14-10-8-6-5-7-9(10)13-4/h9-10H,5-8H2,1-3H3,(H,14,15)/t9-,10-/m1/s1. The van der Waals surface area contributed by atoms with E-state index in [1.165, 1.54) is 0 Å². The van der Waals surface area contributed by atoms with Crippen LogP contribution in [0.15, 0.2) is 0 Å². The van der Waals surface area contributed by atoms with Crippen molar-refractivity contribution in [1.82, 2.24) is 5.32 Å². The van der Waals surface area contributed by atoms with Crippen LogP contribution in [-0.2, 0) is 4.74 Å². The van der Waals surface area contributed by atoms with E-state index in [1.807, 2.05) is 20.8 Å². The lowest BCUT2D eigenvalue weighted by Crippen LogP contribution is -2.45. The highest BCUT2D eigenvalue weighted by atomic mass is 16.6. The normalized spacial score (nSPS) is 25.6. The number of ether oxygens (including phenoxy) is 1. The fraction of sp³-hybridized carbons (Fsp3) is 0.833. The van der Waals surface area contributed by atoms with Gasteiger partial charge in [-0.05, 0) is 33.6 Å². The third-order valence-electron chi connectivity index (χ3n) is 2.60. The summed E-state index contributed by atoms with van der Waals surface area (Å²) in [6, 6.07) is -0.123. The highest BCUT2D eigenvalue weighted by Crippen LogP contribution is 2.21. The topological polar surface area (TPSA) is 42.7 Å². The third-order valence-corrected chi connectivity index (χ3v) is 2.60. The number of amides is 1. The summed E-state index contributed by atoms with van der Waals surface area (Å²) in [6.07, 6.45) is 3.51. The highest BCUT2D eigenvalue weighted by molar-refractivity contribution is 5.68. The van der Waals surface area contributed by atoms with Crippen molar-refractivity contribution in [2.45, 2.75) is 64.1 Å². The Morgan fingerprint density at radius 3 is 2.56 bits per heavy atom. The Kier molecular flexibility index (Phi) is 4.17. The van der Waals surface area contributed by atoms with E-state index in [0.29, 0.717) is 0 Å². The molecule has 0 aromatic rings. The van der Waals surface area contributed by atoms with Crippen LogP contribution >= 0.6 is 0 Å². The minimum Gasteiger partial charge on any atom is -0.444 e. The summed E-state index contributed by atoms with van der Waals surface area (Å²) in [7, 11) is 0. The summed E-state index contributed by atoms with van der Waals surface area (Å²) >= 11 is 0. The average molecular weight is 224 g/mol. The predicted molar refractivity (Wildman–Crippen MR) is 62.0 cm³/mol. The molecule has 0 aromatic heterocycles. The maximum absolute atomic E-state index is 11.6. The lowest BCUT2D eigenvalue weighted by molar-refractivity contribution is 0.0490. The van der Waals surface area contributed by atoms with Crippen molar-refractivity contribution < 1.29 is 9.53 Å². The molecule has 1 aliphatic rings. The van der Waals surface area contributed by atoms with E-state index in [4.69, 9.17) is 11.3 Å². The van der Waals surface area contributed by atoms with Crippen LogP contribution in [0.5, 0.6) is 0 Å². The Balaban J connectivity index is 2.46. The fourth-order valence-corrected chi connectivity index (χ4v) is 1.89. The van der Waals surface area contributed by atoms with Gasteiger partial charge in [0, 0.05) is 6.42 Å². The SMILES string of the molecule is [C-]#[N+][C@@H]1CCCC[C@H]1NC(=O)OC(C)(C)C. The summed E-state index contributed by atoms with van der Waals surface area (Å²) in [5, 5.41) is 2.80. The smallest absolute Gasteiger partial charge is 0.408 e. The van der Waals surface area contributed by atoms with Crippen LogP contribution in [0.2, 0.25) is 0 Å². The molecule has 1 fully saturated rings. The molecule has 0 heterocycles. The van der Waals surface area contributed by atoms with Crippen molar-refractivity contribution in [2.75, 3.05) is 0 Å². The fourth-order valence-electron chi connectivity index (χ4n) is 1.89. The van der Waals surface area contributed by atoms with Crippen molar-refractivity contribution in [3.05, 3.63) is 11.4 Å². The molecule has 16 heavy (non-hydrogen) atoms. The lowest BCUT2D eigenvalue weighted by atomic mass is 9.91. The number of carbonyl (C=O) groups is 1. The summed E-state index contributed by atoms with van der Waals surface area (Å²) in [5.74, 6) is 0. The van der Waals surface area contributed by atoms with Crippen molar-refractivity contribution in [3.63, 3.8) is 0 Å². The first-order valence-electron chi connectivity index (χ1n) is 5.78. The molecule has 0 unspecified atom stereocenters. The van der Waals surface area contributed by atoms with Gasteiger partial charge in [0.25, 0.3) is 0 Å². The number of hydrogen-bond acceptors (Lipinski definition) is 2. The molecular weight excluding hydrogens is 204 g/mol. The van der Waals surface area contributed by atoms with Crippen LogP contribution < -0.4 is 5.32 Å². The molecular formula is C12H20N2O2. The van der Waals surface area contributed by atoms with Crippen molar-refractivity contribution in [2.24, 2.45) is 0 Å². The van der Waals surface area contributed by atoms with Gasteiger partial charge < -0.3 is 14.9 Å². The molecule has 2 atom stereocenters. The molecule has 4 nitrogen and oxygen atoms in total. The lowest BCUT2D eigenvalue weighted by Gasteiger charge is -2.26. The van der Waals surface area contributed by atoms with E-state index in [2.05, 4.69) is 10.2 Å². The molecule has 1 amide bonds. The van der Waals surface area contributed by atoms with Gasteiger partial charge >= 0.3 is 6.09 Å². The van der Waals surface area contributed by atoms with Gasteiger partial charge in [-0.3, -0.25) is 0 Å². The molecule has 0 spiro atoms. The minimum atomic E-state index is -0.480. The van der Waals surface area contributed by atoms with Crippen LogP contribution in [0.1, 0.15) is 46.5 Å². The molecule has 0 bridgehead atoms. The highest BCUT2D eigenvalue weighted by Gasteiger charge is 2.32. The second kappa shape index (κ2) is 5.20. The molecule has 1 saturated carbocycles.